The molecule has 7 heteroatoms. The number of aliphatic hydroxyl groups is 1. The fourth-order valence-corrected chi connectivity index (χ4v) is 4.39. The molecule has 0 radical (unpaired) electrons. The molecule has 0 bridgehead atoms. The molecule has 2 atom stereocenters. The summed E-state index contributed by atoms with van der Waals surface area (Å²) in [6, 6.07) is 21.6. The van der Waals surface area contributed by atoms with Crippen molar-refractivity contribution < 1.29 is 19.5 Å². The van der Waals surface area contributed by atoms with Crippen molar-refractivity contribution in [3.05, 3.63) is 102 Å². The van der Waals surface area contributed by atoms with Gasteiger partial charge in [0.25, 0.3) is 0 Å². The maximum Gasteiger partial charge on any atom is 0.241 e. The number of carbonyl (C=O) groups excluding carboxylic acids is 3. The first kappa shape index (κ1) is 23.3. The van der Waals surface area contributed by atoms with Gasteiger partial charge in [0.15, 0.2) is 0 Å². The number of hydrogen-bond acceptors (Lipinski definition) is 5. The smallest absolute Gasteiger partial charge is 0.241 e. The minimum atomic E-state index is -1.28. The Bertz CT molecular complexity index is 1150. The Morgan fingerprint density at radius 1 is 1.03 bits per heavy atom. The predicted molar refractivity (Wildman–Crippen MR) is 126 cm³/mol. The summed E-state index contributed by atoms with van der Waals surface area (Å²) in [6.45, 7) is 0.210. The first-order valence-corrected chi connectivity index (χ1v) is 11.2. The molecule has 4 rings (SSSR count). The van der Waals surface area contributed by atoms with Crippen molar-refractivity contribution >= 4 is 17.7 Å². The van der Waals surface area contributed by atoms with Gasteiger partial charge in [0.05, 0.1) is 24.6 Å². The third-order valence-electron chi connectivity index (χ3n) is 6.33. The van der Waals surface area contributed by atoms with Crippen molar-refractivity contribution in [3.8, 4) is 0 Å². The minimum Gasteiger partial charge on any atom is -0.387 e. The number of nitrogens with zero attached hydrogens (tertiary/aromatic N) is 3. The lowest BCUT2D eigenvalue weighted by Gasteiger charge is -2.30. The molecule has 0 aliphatic carbocycles. The number of amides is 3. The van der Waals surface area contributed by atoms with Crippen molar-refractivity contribution in [3.63, 3.8) is 0 Å². The highest BCUT2D eigenvalue weighted by Crippen LogP contribution is 2.41. The topological polar surface area (TPSA) is 90.8 Å². The molecule has 3 aromatic rings. The molecular formula is C27H27N3O4. The van der Waals surface area contributed by atoms with Crippen molar-refractivity contribution in [2.24, 2.45) is 0 Å². The number of hydrogen-bond donors (Lipinski definition) is 1. The summed E-state index contributed by atoms with van der Waals surface area (Å²) < 4.78 is 0. The van der Waals surface area contributed by atoms with Crippen LogP contribution in [0, 0.1) is 0 Å². The van der Waals surface area contributed by atoms with E-state index in [0.29, 0.717) is 11.1 Å². The molecule has 1 fully saturated rings. The molecule has 2 aromatic carbocycles. The molecule has 34 heavy (non-hydrogen) atoms. The molecular weight excluding hydrogens is 430 g/mol. The average Bonchev–Trinajstić information content (AvgIpc) is 3.10. The van der Waals surface area contributed by atoms with Crippen molar-refractivity contribution in [1.82, 2.24) is 14.8 Å². The number of likely N-dealkylation sites (tertiary alicyclic amines) is 1. The number of carbonyl (C=O) groups is 3. The zero-order valence-electron chi connectivity index (χ0n) is 19.0. The third kappa shape index (κ3) is 4.75. The lowest BCUT2D eigenvalue weighted by Crippen LogP contribution is -2.43. The maximum atomic E-state index is 13.7. The first-order valence-electron chi connectivity index (χ1n) is 11.2. The number of aliphatic hydroxyl groups excluding tert-OH is 1. The Kier molecular flexibility index (Phi) is 6.84. The zero-order chi connectivity index (χ0) is 24.1. The van der Waals surface area contributed by atoms with Crippen LogP contribution >= 0.6 is 0 Å². The Hall–Kier alpha value is -3.84. The number of likely N-dealkylation sites (N-methyl/N-ethyl adjacent to an activating group) is 1. The van der Waals surface area contributed by atoms with Crippen LogP contribution in [-0.4, -0.2) is 51.2 Å². The second kappa shape index (κ2) is 9.97. The van der Waals surface area contributed by atoms with Gasteiger partial charge in [-0.05, 0) is 28.8 Å². The van der Waals surface area contributed by atoms with E-state index in [2.05, 4.69) is 4.98 Å². The quantitative estimate of drug-likeness (QED) is 0.526. The summed E-state index contributed by atoms with van der Waals surface area (Å²) >= 11 is 0. The van der Waals surface area contributed by atoms with E-state index in [0.717, 1.165) is 5.56 Å². The number of rotatable bonds is 8. The summed E-state index contributed by atoms with van der Waals surface area (Å²) in [4.78, 5) is 46.6. The van der Waals surface area contributed by atoms with Gasteiger partial charge in [0.1, 0.15) is 0 Å². The molecule has 174 valence electrons. The number of benzene rings is 2. The van der Waals surface area contributed by atoms with Crippen LogP contribution in [0.15, 0.2) is 85.2 Å². The lowest BCUT2D eigenvalue weighted by molar-refractivity contribution is -0.143. The Morgan fingerprint density at radius 3 is 2.29 bits per heavy atom. The van der Waals surface area contributed by atoms with Crippen molar-refractivity contribution in [2.45, 2.75) is 30.9 Å². The van der Waals surface area contributed by atoms with Gasteiger partial charge in [-0.1, -0.05) is 60.7 Å². The van der Waals surface area contributed by atoms with Crippen molar-refractivity contribution in [1.29, 1.82) is 0 Å². The van der Waals surface area contributed by atoms with Crippen LogP contribution in [0.5, 0.6) is 0 Å². The van der Waals surface area contributed by atoms with Gasteiger partial charge < -0.3 is 10.0 Å². The number of aromatic nitrogens is 1. The van der Waals surface area contributed by atoms with Crippen LogP contribution in [0.1, 0.15) is 35.6 Å². The van der Waals surface area contributed by atoms with Gasteiger partial charge in [-0.3, -0.25) is 24.3 Å². The summed E-state index contributed by atoms with van der Waals surface area (Å²) in [5.41, 5.74) is 0.843. The predicted octanol–water partition coefficient (Wildman–Crippen LogP) is 2.86. The van der Waals surface area contributed by atoms with E-state index in [9.17, 15) is 19.5 Å². The highest BCUT2D eigenvalue weighted by Gasteiger charge is 2.53. The molecule has 1 aliphatic rings. The Balaban J connectivity index is 1.57. The minimum absolute atomic E-state index is 0.0799. The van der Waals surface area contributed by atoms with Gasteiger partial charge in [-0.25, -0.2) is 0 Å². The second-order valence-electron chi connectivity index (χ2n) is 8.64. The lowest BCUT2D eigenvalue weighted by atomic mass is 9.75. The molecule has 3 amide bonds. The third-order valence-corrected chi connectivity index (χ3v) is 6.33. The molecule has 2 heterocycles. The summed E-state index contributed by atoms with van der Waals surface area (Å²) in [5.74, 6) is -1.01. The van der Waals surface area contributed by atoms with E-state index >= 15 is 0 Å². The van der Waals surface area contributed by atoms with E-state index in [1.165, 1.54) is 9.80 Å². The molecule has 1 N–H and O–H groups in total. The molecule has 1 aliphatic heterocycles. The maximum absolute atomic E-state index is 13.7. The zero-order valence-corrected chi connectivity index (χ0v) is 19.0. The number of imide groups is 1. The van der Waals surface area contributed by atoms with Gasteiger partial charge in [-0.2, -0.15) is 0 Å². The standard InChI is InChI=1S/C27H27N3O4/c1-29(19-23(31)21-8-4-2-5-9-21)24(32)16-27(22-10-6-3-7-11-22)17-25(33)30(26(27)34)18-20-12-14-28-15-13-20/h2-15,23,31H,16-19H2,1H3/t23-,27-/m0/s1. The van der Waals surface area contributed by atoms with Crippen LogP contribution in [0.25, 0.3) is 0 Å². The number of pyridine rings is 1. The van der Waals surface area contributed by atoms with Gasteiger partial charge >= 0.3 is 0 Å². The van der Waals surface area contributed by atoms with E-state index < -0.39 is 11.5 Å². The van der Waals surface area contributed by atoms with E-state index in [-0.39, 0.29) is 43.7 Å². The van der Waals surface area contributed by atoms with E-state index in [1.807, 2.05) is 24.3 Å². The first-order chi connectivity index (χ1) is 16.4. The van der Waals surface area contributed by atoms with Gasteiger partial charge in [-0.15, -0.1) is 0 Å². The van der Waals surface area contributed by atoms with Gasteiger partial charge in [0.2, 0.25) is 17.7 Å². The molecule has 0 unspecified atom stereocenters. The fraction of sp³-hybridized carbons (Fsp3) is 0.259. The normalized spacial score (nSPS) is 18.7. The molecule has 1 aromatic heterocycles. The SMILES string of the molecule is CN(C[C@H](O)c1ccccc1)C(=O)C[C@@]1(c2ccccc2)CC(=O)N(Cc2ccncc2)C1=O. The molecule has 0 spiro atoms. The summed E-state index contributed by atoms with van der Waals surface area (Å²) in [7, 11) is 1.60. The molecule has 7 nitrogen and oxygen atoms in total. The molecule has 1 saturated heterocycles. The molecule has 0 saturated carbocycles. The van der Waals surface area contributed by atoms with Crippen LogP contribution in [0.2, 0.25) is 0 Å². The van der Waals surface area contributed by atoms with Crippen LogP contribution in [0.4, 0.5) is 0 Å². The van der Waals surface area contributed by atoms with Crippen LogP contribution < -0.4 is 0 Å². The van der Waals surface area contributed by atoms with E-state index in [1.54, 1.807) is 68.0 Å². The average molecular weight is 458 g/mol. The Morgan fingerprint density at radius 2 is 1.65 bits per heavy atom. The summed E-state index contributed by atoms with van der Waals surface area (Å²) in [6.07, 6.45) is 2.13. The van der Waals surface area contributed by atoms with E-state index in [4.69, 9.17) is 0 Å². The highest BCUT2D eigenvalue weighted by atomic mass is 16.3. The highest BCUT2D eigenvalue weighted by molar-refractivity contribution is 6.10. The second-order valence-corrected chi connectivity index (χ2v) is 8.64. The van der Waals surface area contributed by atoms with Crippen LogP contribution in [-0.2, 0) is 26.3 Å². The van der Waals surface area contributed by atoms with Gasteiger partial charge in [0, 0.05) is 32.3 Å². The van der Waals surface area contributed by atoms with Crippen molar-refractivity contribution in [2.75, 3.05) is 13.6 Å². The largest absolute Gasteiger partial charge is 0.387 e. The Labute approximate surface area is 198 Å². The summed E-state index contributed by atoms with van der Waals surface area (Å²) in [5, 5.41) is 10.6. The fourth-order valence-electron chi connectivity index (χ4n) is 4.39. The van der Waals surface area contributed by atoms with Crippen LogP contribution in [0.3, 0.4) is 0 Å². The monoisotopic (exact) mass is 457 g/mol.